The van der Waals surface area contributed by atoms with Gasteiger partial charge in [-0.2, -0.15) is 0 Å². The van der Waals surface area contributed by atoms with Gasteiger partial charge in [-0.25, -0.2) is 4.98 Å². The van der Waals surface area contributed by atoms with Gasteiger partial charge >= 0.3 is 0 Å². The van der Waals surface area contributed by atoms with Crippen molar-refractivity contribution in [3.05, 3.63) is 30.1 Å². The molecule has 2 fully saturated rings. The monoisotopic (exact) mass is 284 g/mol. The molecule has 4 rings (SSSR count). The summed E-state index contributed by atoms with van der Waals surface area (Å²) in [7, 11) is 0. The summed E-state index contributed by atoms with van der Waals surface area (Å²) in [6.07, 6.45) is 3.38. The molecule has 2 aliphatic heterocycles. The first-order valence-electron chi connectivity index (χ1n) is 7.26. The second-order valence-electron chi connectivity index (χ2n) is 5.69. The summed E-state index contributed by atoms with van der Waals surface area (Å²) in [6.45, 7) is 1.29. The van der Waals surface area contributed by atoms with Gasteiger partial charge in [0.2, 0.25) is 5.91 Å². The Labute approximate surface area is 121 Å². The number of hydrogen-bond donors (Lipinski definition) is 2. The van der Waals surface area contributed by atoms with Crippen LogP contribution in [0.5, 0.6) is 0 Å². The fourth-order valence-corrected chi connectivity index (χ4v) is 3.44. The van der Waals surface area contributed by atoms with E-state index >= 15 is 0 Å². The van der Waals surface area contributed by atoms with Crippen molar-refractivity contribution in [2.75, 3.05) is 13.1 Å². The first kappa shape index (κ1) is 12.4. The summed E-state index contributed by atoms with van der Waals surface area (Å²) in [5.41, 5.74) is 2.35. The van der Waals surface area contributed by atoms with Crippen LogP contribution in [0.15, 0.2) is 24.5 Å². The van der Waals surface area contributed by atoms with Crippen molar-refractivity contribution in [2.45, 2.75) is 18.9 Å². The minimum Gasteiger partial charge on any atom is -0.354 e. The van der Waals surface area contributed by atoms with E-state index in [0.717, 1.165) is 30.4 Å². The van der Waals surface area contributed by atoms with Crippen LogP contribution in [-0.2, 0) is 4.79 Å². The Morgan fingerprint density at radius 3 is 3.19 bits per heavy atom. The van der Waals surface area contributed by atoms with Crippen LogP contribution >= 0.6 is 0 Å². The molecule has 6 heteroatoms. The topological polar surface area (TPSA) is 78.1 Å². The van der Waals surface area contributed by atoms with Gasteiger partial charge < -0.3 is 15.2 Å². The van der Waals surface area contributed by atoms with Crippen LogP contribution < -0.4 is 5.32 Å². The molecule has 21 heavy (non-hydrogen) atoms. The Balaban J connectivity index is 1.65. The van der Waals surface area contributed by atoms with E-state index in [1.807, 2.05) is 17.0 Å². The van der Waals surface area contributed by atoms with Crippen molar-refractivity contribution in [2.24, 2.45) is 5.92 Å². The Bertz CT molecular complexity index is 723. The lowest BCUT2D eigenvalue weighted by Gasteiger charge is -2.36. The molecule has 6 nitrogen and oxygen atoms in total. The number of aromatic nitrogens is 2. The Hall–Kier alpha value is -2.37. The van der Waals surface area contributed by atoms with E-state index in [-0.39, 0.29) is 23.8 Å². The standard InChI is InChI=1S/C15H16N4O2/c20-14-10-2-1-5-19(13(10)7-16-14)15(21)9-3-4-11-12(6-9)18-8-17-11/h3-4,6,8,10,13H,1-2,5,7H2,(H,16,20)(H,17,18). The molecule has 0 radical (unpaired) electrons. The van der Waals surface area contributed by atoms with Gasteiger partial charge in [0.1, 0.15) is 0 Å². The highest BCUT2D eigenvalue weighted by molar-refractivity contribution is 5.98. The van der Waals surface area contributed by atoms with E-state index in [1.165, 1.54) is 0 Å². The average Bonchev–Trinajstić information content (AvgIpc) is 3.12. The van der Waals surface area contributed by atoms with Gasteiger partial charge in [0.25, 0.3) is 5.91 Å². The summed E-state index contributed by atoms with van der Waals surface area (Å²) in [5, 5.41) is 2.87. The number of nitrogens with zero attached hydrogens (tertiary/aromatic N) is 2. The first-order chi connectivity index (χ1) is 10.2. The summed E-state index contributed by atoms with van der Waals surface area (Å²) in [4.78, 5) is 33.6. The van der Waals surface area contributed by atoms with Crippen molar-refractivity contribution in [3.8, 4) is 0 Å². The van der Waals surface area contributed by atoms with Gasteiger partial charge in [-0.15, -0.1) is 0 Å². The van der Waals surface area contributed by atoms with Crippen molar-refractivity contribution in [3.63, 3.8) is 0 Å². The second kappa shape index (κ2) is 4.58. The third kappa shape index (κ3) is 1.90. The normalized spacial score (nSPS) is 25.0. The third-order valence-electron chi connectivity index (χ3n) is 4.53. The number of likely N-dealkylation sites (tertiary alicyclic amines) is 1. The molecule has 0 spiro atoms. The van der Waals surface area contributed by atoms with E-state index < -0.39 is 0 Å². The number of piperidine rings is 1. The van der Waals surface area contributed by atoms with Crippen molar-refractivity contribution in [1.29, 1.82) is 0 Å². The fourth-order valence-electron chi connectivity index (χ4n) is 3.44. The molecule has 2 amide bonds. The number of aromatic amines is 1. The number of nitrogens with one attached hydrogen (secondary N) is 2. The molecular formula is C15H16N4O2. The molecular weight excluding hydrogens is 268 g/mol. The third-order valence-corrected chi connectivity index (χ3v) is 4.53. The zero-order valence-corrected chi connectivity index (χ0v) is 11.5. The Morgan fingerprint density at radius 1 is 1.38 bits per heavy atom. The Morgan fingerprint density at radius 2 is 2.29 bits per heavy atom. The van der Waals surface area contributed by atoms with Crippen LogP contribution in [0, 0.1) is 5.92 Å². The van der Waals surface area contributed by atoms with Gasteiger partial charge in [-0.3, -0.25) is 9.59 Å². The van der Waals surface area contributed by atoms with Crippen LogP contribution in [-0.4, -0.2) is 45.8 Å². The molecule has 2 unspecified atom stereocenters. The molecule has 0 aliphatic carbocycles. The van der Waals surface area contributed by atoms with Crippen LogP contribution in [0.3, 0.4) is 0 Å². The summed E-state index contributed by atoms with van der Waals surface area (Å²) in [6, 6.07) is 5.48. The zero-order valence-electron chi connectivity index (χ0n) is 11.5. The van der Waals surface area contributed by atoms with E-state index in [1.54, 1.807) is 12.4 Å². The van der Waals surface area contributed by atoms with E-state index in [4.69, 9.17) is 0 Å². The SMILES string of the molecule is O=C1NCC2C1CCCN2C(=O)c1ccc2nc[nH]c2c1. The van der Waals surface area contributed by atoms with Gasteiger partial charge in [-0.05, 0) is 31.0 Å². The number of H-pyrrole nitrogens is 1. The minimum absolute atomic E-state index is 0.00213. The lowest BCUT2D eigenvalue weighted by Crippen LogP contribution is -2.48. The number of hydrogen-bond acceptors (Lipinski definition) is 3. The minimum atomic E-state index is -0.0430. The number of imidazole rings is 1. The molecule has 2 N–H and O–H groups in total. The maximum atomic E-state index is 12.8. The summed E-state index contributed by atoms with van der Waals surface area (Å²) >= 11 is 0. The van der Waals surface area contributed by atoms with E-state index in [9.17, 15) is 9.59 Å². The highest BCUT2D eigenvalue weighted by Gasteiger charge is 2.42. The number of carbonyl (C=O) groups excluding carboxylic acids is 2. The van der Waals surface area contributed by atoms with Crippen molar-refractivity contribution in [1.82, 2.24) is 20.2 Å². The van der Waals surface area contributed by atoms with Crippen LogP contribution in [0.2, 0.25) is 0 Å². The predicted molar refractivity (Wildman–Crippen MR) is 76.7 cm³/mol. The number of fused-ring (bicyclic) bond motifs is 2. The smallest absolute Gasteiger partial charge is 0.254 e. The second-order valence-corrected chi connectivity index (χ2v) is 5.69. The van der Waals surface area contributed by atoms with Crippen molar-refractivity contribution >= 4 is 22.8 Å². The van der Waals surface area contributed by atoms with E-state index in [2.05, 4.69) is 15.3 Å². The molecule has 3 heterocycles. The molecule has 1 aromatic heterocycles. The molecule has 108 valence electrons. The highest BCUT2D eigenvalue weighted by Crippen LogP contribution is 2.28. The summed E-state index contributed by atoms with van der Waals surface area (Å²) < 4.78 is 0. The highest BCUT2D eigenvalue weighted by atomic mass is 16.2. The molecule has 2 atom stereocenters. The van der Waals surface area contributed by atoms with Gasteiger partial charge in [0.15, 0.2) is 0 Å². The maximum Gasteiger partial charge on any atom is 0.254 e. The van der Waals surface area contributed by atoms with E-state index in [0.29, 0.717) is 12.1 Å². The number of benzene rings is 1. The lowest BCUT2D eigenvalue weighted by molar-refractivity contribution is -0.123. The quantitative estimate of drug-likeness (QED) is 0.817. The maximum absolute atomic E-state index is 12.8. The molecule has 2 aromatic rings. The molecule has 0 bridgehead atoms. The van der Waals surface area contributed by atoms with Crippen LogP contribution in [0.4, 0.5) is 0 Å². The molecule has 1 aromatic carbocycles. The molecule has 2 aliphatic rings. The van der Waals surface area contributed by atoms with Crippen LogP contribution in [0.25, 0.3) is 11.0 Å². The Kier molecular flexibility index (Phi) is 2.70. The van der Waals surface area contributed by atoms with Gasteiger partial charge in [0, 0.05) is 18.7 Å². The zero-order chi connectivity index (χ0) is 14.4. The largest absolute Gasteiger partial charge is 0.354 e. The summed E-state index contributed by atoms with van der Waals surface area (Å²) in [5.74, 6) is 0.0396. The van der Waals surface area contributed by atoms with Crippen molar-refractivity contribution < 1.29 is 9.59 Å². The number of rotatable bonds is 1. The molecule has 2 saturated heterocycles. The fraction of sp³-hybridized carbons (Fsp3) is 0.400. The first-order valence-corrected chi connectivity index (χ1v) is 7.26. The lowest BCUT2D eigenvalue weighted by atomic mass is 9.91. The predicted octanol–water partition coefficient (Wildman–Crippen LogP) is 0.913. The molecule has 0 saturated carbocycles. The van der Waals surface area contributed by atoms with Gasteiger partial charge in [0.05, 0.1) is 29.3 Å². The number of carbonyl (C=O) groups is 2. The van der Waals surface area contributed by atoms with Crippen LogP contribution in [0.1, 0.15) is 23.2 Å². The average molecular weight is 284 g/mol. The van der Waals surface area contributed by atoms with Gasteiger partial charge in [-0.1, -0.05) is 0 Å². The number of amides is 2.